The third-order valence-corrected chi connectivity index (χ3v) is 10.4. The molecule has 0 aliphatic rings. The van der Waals surface area contributed by atoms with Crippen molar-refractivity contribution < 1.29 is 0 Å². The van der Waals surface area contributed by atoms with Gasteiger partial charge in [0.2, 0.25) is 5.95 Å². The highest BCUT2D eigenvalue weighted by Crippen LogP contribution is 2.42. The minimum absolute atomic E-state index is 0.580. The van der Waals surface area contributed by atoms with Crippen molar-refractivity contribution >= 4 is 65.2 Å². The summed E-state index contributed by atoms with van der Waals surface area (Å²) in [5, 5.41) is 9.11. The molecule has 0 aliphatic heterocycles. The molecular weight excluding hydrogens is 635 g/mol. The van der Waals surface area contributed by atoms with Gasteiger partial charge in [-0.15, -0.1) is 0 Å². The van der Waals surface area contributed by atoms with Crippen LogP contribution in [0.2, 0.25) is 0 Å². The van der Waals surface area contributed by atoms with Gasteiger partial charge in [-0.3, -0.25) is 4.57 Å². The molecule has 0 unspecified atom stereocenters. The van der Waals surface area contributed by atoms with E-state index < -0.39 is 0 Å². The SMILES string of the molecule is c1ccc(-n2c3ccccc3c3c2ccc2c4ccccc4n(-c4nc(-c5cccc6ccccc56)nc(-c5cccc6ccccc56)n4)c23)cc1. The Bertz CT molecular complexity index is 3080. The summed E-state index contributed by atoms with van der Waals surface area (Å²) in [7, 11) is 0. The molecule has 11 rings (SSSR count). The monoisotopic (exact) mass is 663 g/mol. The fourth-order valence-corrected chi connectivity index (χ4v) is 8.12. The van der Waals surface area contributed by atoms with E-state index in [0.29, 0.717) is 17.6 Å². The molecule has 5 nitrogen and oxygen atoms in total. The summed E-state index contributed by atoms with van der Waals surface area (Å²) in [5.74, 6) is 1.85. The van der Waals surface area contributed by atoms with E-state index in [1.54, 1.807) is 0 Å². The lowest BCUT2D eigenvalue weighted by atomic mass is 10.0. The van der Waals surface area contributed by atoms with Crippen molar-refractivity contribution in [3.8, 4) is 34.4 Å². The van der Waals surface area contributed by atoms with Crippen LogP contribution in [0, 0.1) is 0 Å². The summed E-state index contributed by atoms with van der Waals surface area (Å²) in [4.78, 5) is 16.0. The minimum atomic E-state index is 0.580. The van der Waals surface area contributed by atoms with E-state index >= 15 is 0 Å². The predicted octanol–water partition coefficient (Wildman–Crippen LogP) is 11.7. The first-order valence-corrected chi connectivity index (χ1v) is 17.6. The Hall–Kier alpha value is -7.11. The fourth-order valence-electron chi connectivity index (χ4n) is 8.12. The predicted molar refractivity (Wildman–Crippen MR) is 214 cm³/mol. The zero-order valence-electron chi connectivity index (χ0n) is 28.0. The average molecular weight is 664 g/mol. The highest BCUT2D eigenvalue weighted by molar-refractivity contribution is 6.26. The van der Waals surface area contributed by atoms with E-state index in [9.17, 15) is 0 Å². The van der Waals surface area contributed by atoms with Crippen LogP contribution in [0.25, 0.3) is 99.6 Å². The van der Waals surface area contributed by atoms with Gasteiger partial charge in [-0.25, -0.2) is 4.98 Å². The molecule has 0 saturated carbocycles. The second-order valence-electron chi connectivity index (χ2n) is 13.2. The summed E-state index contributed by atoms with van der Waals surface area (Å²) >= 11 is 0. The molecule has 0 N–H and O–H groups in total. The molecule has 3 aromatic heterocycles. The Morgan fingerprint density at radius 3 is 1.50 bits per heavy atom. The van der Waals surface area contributed by atoms with E-state index in [1.165, 1.54) is 5.39 Å². The maximum atomic E-state index is 5.39. The molecule has 0 amide bonds. The molecular formula is C47H29N5. The quantitative estimate of drug-likeness (QED) is 0.188. The van der Waals surface area contributed by atoms with E-state index in [2.05, 4.69) is 185 Å². The lowest BCUT2D eigenvalue weighted by molar-refractivity contribution is 0.957. The Labute approximate surface area is 298 Å². The molecule has 0 aliphatic carbocycles. The van der Waals surface area contributed by atoms with Gasteiger partial charge < -0.3 is 4.57 Å². The summed E-state index contributed by atoms with van der Waals surface area (Å²) in [6, 6.07) is 61.9. The van der Waals surface area contributed by atoms with Crippen LogP contribution in [0.15, 0.2) is 176 Å². The average Bonchev–Trinajstić information content (AvgIpc) is 3.73. The smallest absolute Gasteiger partial charge is 0.238 e. The molecule has 52 heavy (non-hydrogen) atoms. The number of nitrogens with zero attached hydrogens (tertiary/aromatic N) is 5. The number of hydrogen-bond acceptors (Lipinski definition) is 3. The molecule has 0 radical (unpaired) electrons. The van der Waals surface area contributed by atoms with Crippen molar-refractivity contribution in [3.05, 3.63) is 176 Å². The van der Waals surface area contributed by atoms with E-state index in [1.807, 2.05) is 0 Å². The first kappa shape index (κ1) is 28.7. The van der Waals surface area contributed by atoms with Crippen LogP contribution in [0.1, 0.15) is 0 Å². The molecule has 3 heterocycles. The van der Waals surface area contributed by atoms with Gasteiger partial charge in [0.25, 0.3) is 0 Å². The van der Waals surface area contributed by atoms with E-state index in [-0.39, 0.29) is 0 Å². The fraction of sp³-hybridized carbons (Fsp3) is 0. The van der Waals surface area contributed by atoms with Crippen LogP contribution < -0.4 is 0 Å². The number of rotatable bonds is 4. The Balaban J connectivity index is 1.31. The number of para-hydroxylation sites is 3. The first-order chi connectivity index (χ1) is 25.8. The van der Waals surface area contributed by atoms with Gasteiger partial charge in [0.1, 0.15) is 0 Å². The number of benzene rings is 8. The van der Waals surface area contributed by atoms with Gasteiger partial charge in [-0.2, -0.15) is 9.97 Å². The largest absolute Gasteiger partial charge is 0.309 e. The molecule has 11 aromatic rings. The Kier molecular flexibility index (Phi) is 6.18. The van der Waals surface area contributed by atoms with E-state index in [0.717, 1.165) is 76.6 Å². The van der Waals surface area contributed by atoms with Crippen molar-refractivity contribution in [1.82, 2.24) is 24.1 Å². The van der Waals surface area contributed by atoms with Gasteiger partial charge in [-0.05, 0) is 51.9 Å². The maximum Gasteiger partial charge on any atom is 0.238 e. The van der Waals surface area contributed by atoms with Crippen LogP contribution in [0.5, 0.6) is 0 Å². The van der Waals surface area contributed by atoms with Crippen molar-refractivity contribution in [2.24, 2.45) is 0 Å². The van der Waals surface area contributed by atoms with Crippen molar-refractivity contribution in [2.75, 3.05) is 0 Å². The highest BCUT2D eigenvalue weighted by atomic mass is 15.2. The lowest BCUT2D eigenvalue weighted by Crippen LogP contribution is -2.07. The highest BCUT2D eigenvalue weighted by Gasteiger charge is 2.23. The summed E-state index contributed by atoms with van der Waals surface area (Å²) < 4.78 is 4.63. The Morgan fingerprint density at radius 1 is 0.327 bits per heavy atom. The van der Waals surface area contributed by atoms with Crippen molar-refractivity contribution in [1.29, 1.82) is 0 Å². The summed E-state index contributed by atoms with van der Waals surface area (Å²) in [5.41, 5.74) is 7.44. The van der Waals surface area contributed by atoms with Gasteiger partial charge in [0.15, 0.2) is 11.6 Å². The van der Waals surface area contributed by atoms with Gasteiger partial charge >= 0.3 is 0 Å². The summed E-state index contributed by atoms with van der Waals surface area (Å²) in [6.07, 6.45) is 0. The second kappa shape index (κ2) is 11.2. The standard InChI is InChI=1S/C47H29N5/c1-2-18-32(19-3-1)51-41-27-11-9-23-39(41)43-42(51)29-28-36-35-22-8-10-26-40(35)52(44(36)43)47-49-45(37-24-12-16-30-14-4-6-20-33(30)37)48-46(50-47)38-25-13-17-31-15-5-7-21-34(31)38/h1-29H. The third kappa shape index (κ3) is 4.20. The maximum absolute atomic E-state index is 5.39. The first-order valence-electron chi connectivity index (χ1n) is 17.6. The molecule has 242 valence electrons. The van der Waals surface area contributed by atoms with Crippen LogP contribution >= 0.6 is 0 Å². The minimum Gasteiger partial charge on any atom is -0.309 e. The van der Waals surface area contributed by atoms with Gasteiger partial charge in [-0.1, -0.05) is 146 Å². The second-order valence-corrected chi connectivity index (χ2v) is 13.2. The molecule has 0 saturated heterocycles. The van der Waals surface area contributed by atoms with Gasteiger partial charge in [0, 0.05) is 38.4 Å². The number of aromatic nitrogens is 5. The van der Waals surface area contributed by atoms with Crippen LogP contribution in [0.3, 0.4) is 0 Å². The topological polar surface area (TPSA) is 48.5 Å². The molecule has 8 aromatic carbocycles. The third-order valence-electron chi connectivity index (χ3n) is 10.4. The Morgan fingerprint density at radius 2 is 0.846 bits per heavy atom. The zero-order valence-corrected chi connectivity index (χ0v) is 28.0. The normalized spacial score (nSPS) is 11.8. The number of fused-ring (bicyclic) bond motifs is 9. The molecule has 0 bridgehead atoms. The van der Waals surface area contributed by atoms with Crippen molar-refractivity contribution in [3.63, 3.8) is 0 Å². The van der Waals surface area contributed by atoms with Crippen LogP contribution in [-0.4, -0.2) is 24.1 Å². The van der Waals surface area contributed by atoms with E-state index in [4.69, 9.17) is 15.0 Å². The molecule has 5 heteroatoms. The number of hydrogen-bond donors (Lipinski definition) is 0. The molecule has 0 atom stereocenters. The lowest BCUT2D eigenvalue weighted by Gasteiger charge is -2.13. The van der Waals surface area contributed by atoms with Crippen LogP contribution in [-0.2, 0) is 0 Å². The van der Waals surface area contributed by atoms with Crippen molar-refractivity contribution in [2.45, 2.75) is 0 Å². The molecule has 0 spiro atoms. The summed E-state index contributed by atoms with van der Waals surface area (Å²) in [6.45, 7) is 0. The molecule has 0 fully saturated rings. The van der Waals surface area contributed by atoms with Crippen LogP contribution in [0.4, 0.5) is 0 Å². The van der Waals surface area contributed by atoms with Gasteiger partial charge in [0.05, 0.1) is 22.1 Å². The zero-order chi connectivity index (χ0) is 34.2.